The maximum atomic E-state index is 12.3. The van der Waals surface area contributed by atoms with Crippen molar-refractivity contribution in [2.75, 3.05) is 25.6 Å². The number of allylic oxidation sites excluding steroid dienone is 4. The lowest BCUT2D eigenvalue weighted by Crippen LogP contribution is -2.50. The first kappa shape index (κ1) is 20.3. The third-order valence-corrected chi connectivity index (χ3v) is 7.18. The summed E-state index contributed by atoms with van der Waals surface area (Å²) in [5, 5.41) is 3.87. The second-order valence-electron chi connectivity index (χ2n) is 9.40. The highest BCUT2D eigenvalue weighted by atomic mass is 16.1. The van der Waals surface area contributed by atoms with Crippen molar-refractivity contribution in [3.05, 3.63) is 76.5 Å². The number of hydrogen-bond donors (Lipinski definition) is 3. The molecule has 2 bridgehead atoms. The average Bonchev–Trinajstić information content (AvgIpc) is 3.02. The van der Waals surface area contributed by atoms with E-state index in [0.29, 0.717) is 6.42 Å². The first-order valence-corrected chi connectivity index (χ1v) is 11.4. The maximum absolute atomic E-state index is 12.3. The number of piperidine rings is 1. The molecule has 0 radical (unpaired) electrons. The van der Waals surface area contributed by atoms with E-state index in [1.807, 2.05) is 25.1 Å². The monoisotopic (exact) mass is 416 g/mol. The molecule has 3 aliphatic heterocycles. The highest BCUT2D eigenvalue weighted by Crippen LogP contribution is 2.39. The number of hydrogen-bond acceptors (Lipinski definition) is 5. The molecule has 1 aromatic rings. The summed E-state index contributed by atoms with van der Waals surface area (Å²) in [7, 11) is 2.21. The minimum absolute atomic E-state index is 0.0237. The van der Waals surface area contributed by atoms with Crippen LogP contribution in [0, 0.1) is 5.92 Å². The molecule has 5 nitrogen and oxygen atoms in total. The van der Waals surface area contributed by atoms with Gasteiger partial charge in [-0.3, -0.25) is 4.79 Å². The molecule has 1 aromatic carbocycles. The molecule has 0 saturated carbocycles. The molecule has 3 N–H and O–H groups in total. The lowest BCUT2D eigenvalue weighted by molar-refractivity contribution is 0.0988. The molecule has 31 heavy (non-hydrogen) atoms. The molecule has 162 valence electrons. The quantitative estimate of drug-likeness (QED) is 0.508. The van der Waals surface area contributed by atoms with Crippen molar-refractivity contribution in [3.8, 4) is 0 Å². The predicted octanol–water partition coefficient (Wildman–Crippen LogP) is 4.26. The van der Waals surface area contributed by atoms with Gasteiger partial charge in [0.25, 0.3) is 0 Å². The largest absolute Gasteiger partial charge is 0.376 e. The van der Waals surface area contributed by atoms with E-state index in [0.717, 1.165) is 42.7 Å². The first-order valence-electron chi connectivity index (χ1n) is 11.4. The van der Waals surface area contributed by atoms with Crippen molar-refractivity contribution in [1.82, 2.24) is 15.6 Å². The van der Waals surface area contributed by atoms with Crippen LogP contribution in [0.1, 0.15) is 55.1 Å². The SMILES string of the molecule is CCC(=O)c1ccc2c(c1)C(C1=CC3C=C(C=C1)NC1(C=C3C)CCN(C)CC1)NN2. The number of anilines is 1. The molecule has 1 saturated heterocycles. The number of likely N-dealkylation sites (tertiary alicyclic amines) is 1. The number of carbonyl (C=O) groups excluding carboxylic acids is 1. The van der Waals surface area contributed by atoms with Gasteiger partial charge in [0.2, 0.25) is 0 Å². The zero-order valence-corrected chi connectivity index (χ0v) is 18.7. The van der Waals surface area contributed by atoms with Crippen molar-refractivity contribution in [3.63, 3.8) is 0 Å². The summed E-state index contributed by atoms with van der Waals surface area (Å²) in [4.78, 5) is 14.7. The standard InChI is InChI=1S/C26H32N4O/c1-4-24(31)18-6-8-23-22(15-18)25(29-28-23)19-5-7-21-14-20(13-19)17(2)16-26(27-21)9-11-30(3)12-10-26/h5-8,13-16,20,25,27-29H,4,9-12H2,1-3H3. The van der Waals surface area contributed by atoms with Gasteiger partial charge in [0.05, 0.1) is 17.3 Å². The number of hydrazine groups is 1. The Morgan fingerprint density at radius 1 is 1.19 bits per heavy atom. The Hall–Kier alpha value is -2.63. The van der Waals surface area contributed by atoms with Gasteiger partial charge in [-0.2, -0.15) is 0 Å². The summed E-state index contributed by atoms with van der Waals surface area (Å²) in [6.07, 6.45) is 14.4. The second kappa shape index (κ2) is 7.81. The van der Waals surface area contributed by atoms with Gasteiger partial charge in [0.1, 0.15) is 0 Å². The second-order valence-corrected chi connectivity index (χ2v) is 9.40. The van der Waals surface area contributed by atoms with Crippen LogP contribution in [0.15, 0.2) is 65.4 Å². The molecule has 0 aromatic heterocycles. The lowest BCUT2D eigenvalue weighted by atomic mass is 9.84. The van der Waals surface area contributed by atoms with Gasteiger partial charge < -0.3 is 15.6 Å². The van der Waals surface area contributed by atoms with E-state index in [9.17, 15) is 4.79 Å². The van der Waals surface area contributed by atoms with Crippen LogP contribution in [0.25, 0.3) is 0 Å². The van der Waals surface area contributed by atoms with Crippen LogP contribution >= 0.6 is 0 Å². The van der Waals surface area contributed by atoms with Gasteiger partial charge in [-0.25, -0.2) is 5.43 Å². The molecule has 5 rings (SSSR count). The van der Waals surface area contributed by atoms with Crippen LogP contribution in [0.5, 0.6) is 0 Å². The van der Waals surface area contributed by atoms with Crippen LogP contribution in [0.2, 0.25) is 0 Å². The summed E-state index contributed by atoms with van der Waals surface area (Å²) >= 11 is 0. The number of nitrogens with one attached hydrogen (secondary N) is 3. The van der Waals surface area contributed by atoms with Crippen LogP contribution < -0.4 is 16.2 Å². The van der Waals surface area contributed by atoms with Gasteiger partial charge in [0, 0.05) is 42.3 Å². The van der Waals surface area contributed by atoms with Crippen molar-refractivity contribution in [1.29, 1.82) is 0 Å². The summed E-state index contributed by atoms with van der Waals surface area (Å²) < 4.78 is 0. The van der Waals surface area contributed by atoms with Crippen LogP contribution in [0.3, 0.4) is 0 Å². The topological polar surface area (TPSA) is 56.4 Å². The molecule has 0 amide bonds. The number of nitrogens with zero attached hydrogens (tertiary/aromatic N) is 1. The molecule has 1 aliphatic carbocycles. The van der Waals surface area contributed by atoms with Crippen molar-refractivity contribution < 1.29 is 4.79 Å². The Kier molecular flexibility index (Phi) is 5.11. The third kappa shape index (κ3) is 3.77. The highest BCUT2D eigenvalue weighted by Gasteiger charge is 2.35. The van der Waals surface area contributed by atoms with Gasteiger partial charge in [-0.1, -0.05) is 36.8 Å². The predicted molar refractivity (Wildman–Crippen MR) is 126 cm³/mol. The Labute approximate surface area is 184 Å². The van der Waals surface area contributed by atoms with Crippen LogP contribution in [-0.4, -0.2) is 36.4 Å². The zero-order valence-electron chi connectivity index (χ0n) is 18.7. The minimum Gasteiger partial charge on any atom is -0.376 e. The van der Waals surface area contributed by atoms with Crippen molar-refractivity contribution in [2.24, 2.45) is 5.92 Å². The van der Waals surface area contributed by atoms with E-state index < -0.39 is 0 Å². The molecule has 1 spiro atoms. The number of rotatable bonds is 3. The normalized spacial score (nSPS) is 26.6. The Morgan fingerprint density at radius 2 is 2.00 bits per heavy atom. The van der Waals surface area contributed by atoms with Crippen molar-refractivity contribution in [2.45, 2.75) is 44.7 Å². The summed E-state index contributed by atoms with van der Waals surface area (Å²) in [5.74, 6) is 0.444. The Morgan fingerprint density at radius 3 is 2.77 bits per heavy atom. The maximum Gasteiger partial charge on any atom is 0.162 e. The molecule has 2 atom stereocenters. The number of benzene rings is 1. The molecule has 5 heteroatoms. The van der Waals surface area contributed by atoms with Crippen LogP contribution in [-0.2, 0) is 0 Å². The highest BCUT2D eigenvalue weighted by molar-refractivity contribution is 5.96. The van der Waals surface area contributed by atoms with Gasteiger partial charge in [-0.15, -0.1) is 0 Å². The number of fused-ring (bicyclic) bond motifs is 2. The van der Waals surface area contributed by atoms with E-state index in [1.54, 1.807) is 0 Å². The van der Waals surface area contributed by atoms with E-state index >= 15 is 0 Å². The lowest BCUT2D eigenvalue weighted by Gasteiger charge is -2.40. The minimum atomic E-state index is 0.0237. The molecule has 4 aliphatic rings. The summed E-state index contributed by atoms with van der Waals surface area (Å²) in [6, 6.07) is 5.99. The Bertz CT molecular complexity index is 1020. The Balaban J connectivity index is 1.47. The number of carbonyl (C=O) groups is 1. The number of Topliss-reactive ketones (excluding diaryl/α,β-unsaturated/α-hetero) is 1. The van der Waals surface area contributed by atoms with Gasteiger partial charge >= 0.3 is 0 Å². The molecule has 3 heterocycles. The van der Waals surface area contributed by atoms with E-state index in [2.05, 4.69) is 65.4 Å². The number of ketones is 1. The fourth-order valence-corrected chi connectivity index (χ4v) is 5.21. The molecule has 1 fully saturated rings. The molecule has 2 unspecified atom stereocenters. The fourth-order valence-electron chi connectivity index (χ4n) is 5.21. The van der Waals surface area contributed by atoms with Gasteiger partial charge in [-0.05, 0) is 56.7 Å². The van der Waals surface area contributed by atoms with E-state index in [1.165, 1.54) is 16.8 Å². The smallest absolute Gasteiger partial charge is 0.162 e. The third-order valence-electron chi connectivity index (χ3n) is 7.18. The summed E-state index contributed by atoms with van der Waals surface area (Å²) in [6.45, 7) is 6.41. The molecular formula is C26H32N4O. The van der Waals surface area contributed by atoms with Crippen LogP contribution in [0.4, 0.5) is 5.69 Å². The van der Waals surface area contributed by atoms with Gasteiger partial charge in [0.15, 0.2) is 5.78 Å². The van der Waals surface area contributed by atoms with Crippen molar-refractivity contribution >= 4 is 11.5 Å². The molecular weight excluding hydrogens is 384 g/mol. The van der Waals surface area contributed by atoms with E-state index in [4.69, 9.17) is 0 Å². The average molecular weight is 417 g/mol. The fraction of sp³-hybridized carbons (Fsp3) is 0.423. The van der Waals surface area contributed by atoms with E-state index in [-0.39, 0.29) is 23.3 Å². The summed E-state index contributed by atoms with van der Waals surface area (Å²) in [5.41, 5.74) is 13.6. The first-order chi connectivity index (χ1) is 15.0. The zero-order chi connectivity index (χ0) is 21.6.